The van der Waals surface area contributed by atoms with Crippen LogP contribution in [0.4, 0.5) is 11.4 Å². The van der Waals surface area contributed by atoms with Crippen molar-refractivity contribution < 1.29 is 9.47 Å². The highest BCUT2D eigenvalue weighted by Crippen LogP contribution is 2.37. The molecule has 1 aliphatic rings. The Hall–Kier alpha value is -3.35. The number of aryl methyl sites for hydroxylation is 1. The van der Waals surface area contributed by atoms with Crippen molar-refractivity contribution in [3.8, 4) is 22.8 Å². The molecule has 0 fully saturated rings. The molecule has 2 N–H and O–H groups in total. The number of nitrogens with one attached hydrogen (secondary N) is 2. The molecule has 0 unspecified atom stereocenters. The summed E-state index contributed by atoms with van der Waals surface area (Å²) >= 11 is 0. The standard InChI is InChI=1S/C17H14N4O3/c1-10-4-2-3-5-12(10)18-20-16-15(19-21-17(16)22)11-6-7-13-14(8-11)24-9-23-13/h2-8H,9H2,1H3,(H2,19,21,22). The van der Waals surface area contributed by atoms with Gasteiger partial charge in [0.05, 0.1) is 11.4 Å². The van der Waals surface area contributed by atoms with Crippen LogP contribution in [-0.4, -0.2) is 17.0 Å². The van der Waals surface area contributed by atoms with Crippen LogP contribution in [0.15, 0.2) is 57.5 Å². The zero-order chi connectivity index (χ0) is 16.5. The van der Waals surface area contributed by atoms with Gasteiger partial charge in [0.2, 0.25) is 6.79 Å². The smallest absolute Gasteiger partial charge is 0.292 e. The molecule has 0 bridgehead atoms. The lowest BCUT2D eigenvalue weighted by molar-refractivity contribution is 0.174. The monoisotopic (exact) mass is 322 g/mol. The molecule has 1 aromatic heterocycles. The molecule has 120 valence electrons. The molecule has 0 aliphatic carbocycles. The van der Waals surface area contributed by atoms with Gasteiger partial charge < -0.3 is 9.47 Å². The van der Waals surface area contributed by atoms with E-state index in [0.29, 0.717) is 17.2 Å². The first-order chi connectivity index (χ1) is 11.7. The molecule has 0 spiro atoms. The predicted octanol–water partition coefficient (Wildman–Crippen LogP) is 3.82. The Bertz CT molecular complexity index is 987. The van der Waals surface area contributed by atoms with Gasteiger partial charge in [0.1, 0.15) is 0 Å². The van der Waals surface area contributed by atoms with Crippen LogP contribution in [0.3, 0.4) is 0 Å². The second-order valence-corrected chi connectivity index (χ2v) is 5.36. The fraction of sp³-hybridized carbons (Fsp3) is 0.118. The van der Waals surface area contributed by atoms with E-state index in [1.165, 1.54) is 0 Å². The van der Waals surface area contributed by atoms with Gasteiger partial charge in [0.25, 0.3) is 5.56 Å². The van der Waals surface area contributed by atoms with Gasteiger partial charge in [-0.25, -0.2) is 0 Å². The molecule has 2 heterocycles. The van der Waals surface area contributed by atoms with Crippen molar-refractivity contribution >= 4 is 11.4 Å². The number of aromatic nitrogens is 2. The van der Waals surface area contributed by atoms with E-state index in [4.69, 9.17) is 9.47 Å². The molecular formula is C17H14N4O3. The predicted molar refractivity (Wildman–Crippen MR) is 88.3 cm³/mol. The normalized spacial score (nSPS) is 12.9. The van der Waals surface area contributed by atoms with Crippen LogP contribution in [0.5, 0.6) is 11.5 Å². The Balaban J connectivity index is 1.74. The van der Waals surface area contributed by atoms with Crippen LogP contribution in [0, 0.1) is 6.92 Å². The number of benzene rings is 2. The molecular weight excluding hydrogens is 308 g/mol. The average Bonchev–Trinajstić information content (AvgIpc) is 3.20. The third-order valence-corrected chi connectivity index (χ3v) is 3.79. The van der Waals surface area contributed by atoms with Crippen molar-refractivity contribution in [2.75, 3.05) is 6.79 Å². The topological polar surface area (TPSA) is 91.8 Å². The fourth-order valence-electron chi connectivity index (χ4n) is 2.49. The first-order valence-corrected chi connectivity index (χ1v) is 7.40. The summed E-state index contributed by atoms with van der Waals surface area (Å²) in [6.07, 6.45) is 0. The summed E-state index contributed by atoms with van der Waals surface area (Å²) in [4.78, 5) is 12.1. The number of hydrogen-bond acceptors (Lipinski definition) is 5. The van der Waals surface area contributed by atoms with Crippen LogP contribution >= 0.6 is 0 Å². The number of hydrogen-bond donors (Lipinski definition) is 2. The van der Waals surface area contributed by atoms with E-state index in [2.05, 4.69) is 20.4 Å². The highest BCUT2D eigenvalue weighted by atomic mass is 16.7. The van der Waals surface area contributed by atoms with Crippen LogP contribution in [0.1, 0.15) is 5.56 Å². The lowest BCUT2D eigenvalue weighted by Gasteiger charge is -2.01. The molecule has 1 aliphatic heterocycles. The number of H-pyrrole nitrogens is 2. The Morgan fingerprint density at radius 2 is 1.83 bits per heavy atom. The number of rotatable bonds is 3. The van der Waals surface area contributed by atoms with E-state index >= 15 is 0 Å². The van der Waals surface area contributed by atoms with E-state index in [1.54, 1.807) is 12.1 Å². The van der Waals surface area contributed by atoms with Gasteiger partial charge in [-0.2, -0.15) is 5.11 Å². The summed E-state index contributed by atoms with van der Waals surface area (Å²) in [7, 11) is 0. The van der Waals surface area contributed by atoms with Crippen molar-refractivity contribution in [2.45, 2.75) is 6.92 Å². The van der Waals surface area contributed by atoms with E-state index in [-0.39, 0.29) is 18.0 Å². The average molecular weight is 322 g/mol. The third kappa shape index (κ3) is 2.45. The summed E-state index contributed by atoms with van der Waals surface area (Å²) in [5.74, 6) is 1.32. The SMILES string of the molecule is Cc1ccccc1N=Nc1c(-c2ccc3c(c2)OCO3)[nH][nH]c1=O. The van der Waals surface area contributed by atoms with Gasteiger partial charge >= 0.3 is 0 Å². The first-order valence-electron chi connectivity index (χ1n) is 7.40. The fourth-order valence-corrected chi connectivity index (χ4v) is 2.49. The number of azo groups is 1. The maximum absolute atomic E-state index is 12.1. The molecule has 24 heavy (non-hydrogen) atoms. The molecule has 7 heteroatoms. The van der Waals surface area contributed by atoms with Gasteiger partial charge in [0.15, 0.2) is 17.2 Å². The maximum atomic E-state index is 12.1. The number of nitrogens with zero attached hydrogens (tertiary/aromatic N) is 2. The van der Waals surface area contributed by atoms with Crippen LogP contribution < -0.4 is 15.0 Å². The van der Waals surface area contributed by atoms with Crippen molar-refractivity contribution in [1.29, 1.82) is 0 Å². The van der Waals surface area contributed by atoms with E-state index in [9.17, 15) is 4.79 Å². The molecule has 4 rings (SSSR count). The Labute approximate surface area is 137 Å². The highest BCUT2D eigenvalue weighted by molar-refractivity contribution is 5.73. The number of fused-ring (bicyclic) bond motifs is 1. The molecule has 0 atom stereocenters. The van der Waals surface area contributed by atoms with Gasteiger partial charge in [-0.15, -0.1) is 5.11 Å². The number of ether oxygens (including phenoxy) is 2. The summed E-state index contributed by atoms with van der Waals surface area (Å²) in [6.45, 7) is 2.14. The second-order valence-electron chi connectivity index (χ2n) is 5.36. The highest BCUT2D eigenvalue weighted by Gasteiger charge is 2.17. The van der Waals surface area contributed by atoms with Crippen LogP contribution in [0.25, 0.3) is 11.3 Å². The minimum atomic E-state index is -0.333. The number of aromatic amines is 2. The lowest BCUT2D eigenvalue weighted by Crippen LogP contribution is -1.96. The van der Waals surface area contributed by atoms with Gasteiger partial charge in [-0.1, -0.05) is 18.2 Å². The van der Waals surface area contributed by atoms with Gasteiger partial charge in [0, 0.05) is 5.56 Å². The van der Waals surface area contributed by atoms with E-state index < -0.39 is 0 Å². The summed E-state index contributed by atoms with van der Waals surface area (Å²) in [6, 6.07) is 13.0. The van der Waals surface area contributed by atoms with Crippen molar-refractivity contribution in [1.82, 2.24) is 10.2 Å². The quantitative estimate of drug-likeness (QED) is 0.718. The molecule has 0 amide bonds. The zero-order valence-corrected chi connectivity index (χ0v) is 12.9. The Kier molecular flexibility index (Phi) is 3.38. The summed E-state index contributed by atoms with van der Waals surface area (Å²) in [5, 5.41) is 13.7. The van der Waals surface area contributed by atoms with Gasteiger partial charge in [-0.05, 0) is 36.8 Å². The van der Waals surface area contributed by atoms with Crippen molar-refractivity contribution in [3.63, 3.8) is 0 Å². The first kappa shape index (κ1) is 14.3. The van der Waals surface area contributed by atoms with Crippen LogP contribution in [0.2, 0.25) is 0 Å². The molecule has 0 radical (unpaired) electrons. The van der Waals surface area contributed by atoms with Crippen LogP contribution in [-0.2, 0) is 0 Å². The maximum Gasteiger partial charge on any atom is 0.292 e. The van der Waals surface area contributed by atoms with Crippen molar-refractivity contribution in [3.05, 3.63) is 58.4 Å². The van der Waals surface area contributed by atoms with Crippen molar-refractivity contribution in [2.24, 2.45) is 10.2 Å². The molecule has 2 aromatic carbocycles. The molecule has 0 saturated heterocycles. The summed E-state index contributed by atoms with van der Waals surface area (Å²) in [5.41, 5.74) is 2.90. The van der Waals surface area contributed by atoms with E-state index in [0.717, 1.165) is 16.8 Å². The minimum Gasteiger partial charge on any atom is -0.454 e. The Morgan fingerprint density at radius 3 is 2.71 bits per heavy atom. The third-order valence-electron chi connectivity index (χ3n) is 3.79. The molecule has 3 aromatic rings. The molecule has 0 saturated carbocycles. The minimum absolute atomic E-state index is 0.197. The zero-order valence-electron chi connectivity index (χ0n) is 12.9. The largest absolute Gasteiger partial charge is 0.454 e. The molecule has 7 nitrogen and oxygen atoms in total. The Morgan fingerprint density at radius 1 is 1.00 bits per heavy atom. The second kappa shape index (κ2) is 5.69. The van der Waals surface area contributed by atoms with Gasteiger partial charge in [-0.3, -0.25) is 15.0 Å². The lowest BCUT2D eigenvalue weighted by atomic mass is 10.1. The van der Waals surface area contributed by atoms with E-state index in [1.807, 2.05) is 37.3 Å². The summed E-state index contributed by atoms with van der Waals surface area (Å²) < 4.78 is 10.7.